The van der Waals surface area contributed by atoms with E-state index in [1.54, 1.807) is 18.3 Å². The number of benzene rings is 2. The van der Waals surface area contributed by atoms with Gasteiger partial charge < -0.3 is 9.64 Å². The number of rotatable bonds is 11. The van der Waals surface area contributed by atoms with E-state index in [0.717, 1.165) is 16.8 Å². The molecule has 1 atom stereocenters. The second-order valence-corrected chi connectivity index (χ2v) is 8.04. The van der Waals surface area contributed by atoms with Gasteiger partial charge in [-0.2, -0.15) is 0 Å². The standard InChI is InChI=1S/C29H31FN4O/c1-34(2)20-18-24-12-10-23(11-13-24)7-3-4-8-26(33-31)16-14-25-15-17-29(28(30)21-25)35-22-27-9-5-6-19-32-27/h3-21,26,33H,22,31H2,1-2H3/b7-3+,8-4+,16-14+,20-18-. The Kier molecular flexibility index (Phi) is 9.99. The third-order valence-corrected chi connectivity index (χ3v) is 4.97. The molecule has 0 aliphatic heterocycles. The Hall–Kier alpha value is -4.00. The number of pyridine rings is 1. The zero-order valence-corrected chi connectivity index (χ0v) is 20.0. The summed E-state index contributed by atoms with van der Waals surface area (Å²) >= 11 is 0. The molecule has 1 aromatic heterocycles. The lowest BCUT2D eigenvalue weighted by Gasteiger charge is -2.08. The number of hydrogen-bond donors (Lipinski definition) is 2. The number of hydrogen-bond acceptors (Lipinski definition) is 5. The van der Waals surface area contributed by atoms with E-state index >= 15 is 0 Å². The van der Waals surface area contributed by atoms with Crippen LogP contribution in [-0.2, 0) is 6.61 Å². The molecule has 0 amide bonds. The Morgan fingerprint density at radius 2 is 1.69 bits per heavy atom. The molecule has 0 saturated carbocycles. The number of nitrogens with two attached hydrogens (primary N) is 1. The normalized spacial score (nSPS) is 12.8. The maximum atomic E-state index is 14.4. The van der Waals surface area contributed by atoms with Crippen molar-refractivity contribution in [2.24, 2.45) is 5.84 Å². The van der Waals surface area contributed by atoms with Crippen LogP contribution in [0.1, 0.15) is 22.4 Å². The highest BCUT2D eigenvalue weighted by Crippen LogP contribution is 2.20. The molecule has 0 saturated heterocycles. The van der Waals surface area contributed by atoms with Crippen LogP contribution in [0.15, 0.2) is 97.4 Å². The minimum absolute atomic E-state index is 0.188. The van der Waals surface area contributed by atoms with Gasteiger partial charge in [0.15, 0.2) is 11.6 Å². The van der Waals surface area contributed by atoms with E-state index in [1.165, 1.54) is 6.07 Å². The molecule has 2 aromatic carbocycles. The summed E-state index contributed by atoms with van der Waals surface area (Å²) in [5.41, 5.74) is 6.42. The van der Waals surface area contributed by atoms with E-state index in [9.17, 15) is 4.39 Å². The maximum Gasteiger partial charge on any atom is 0.165 e. The molecule has 0 aliphatic rings. The molecule has 0 bridgehead atoms. The van der Waals surface area contributed by atoms with E-state index in [2.05, 4.69) is 40.8 Å². The van der Waals surface area contributed by atoms with Crippen LogP contribution in [0.4, 0.5) is 4.39 Å². The average molecular weight is 471 g/mol. The summed E-state index contributed by atoms with van der Waals surface area (Å²) < 4.78 is 20.0. The van der Waals surface area contributed by atoms with Crippen molar-refractivity contribution >= 4 is 18.2 Å². The minimum atomic E-state index is -0.429. The van der Waals surface area contributed by atoms with Crippen LogP contribution in [0, 0.1) is 5.82 Å². The molecule has 6 heteroatoms. The summed E-state index contributed by atoms with van der Waals surface area (Å²) in [7, 11) is 3.99. The van der Waals surface area contributed by atoms with Crippen LogP contribution in [0.3, 0.4) is 0 Å². The largest absolute Gasteiger partial charge is 0.484 e. The lowest BCUT2D eigenvalue weighted by Crippen LogP contribution is -2.31. The van der Waals surface area contributed by atoms with Gasteiger partial charge in [-0.3, -0.25) is 10.8 Å². The van der Waals surface area contributed by atoms with Crippen LogP contribution >= 0.6 is 0 Å². The maximum absolute atomic E-state index is 14.4. The highest BCUT2D eigenvalue weighted by atomic mass is 19.1. The van der Waals surface area contributed by atoms with Gasteiger partial charge >= 0.3 is 0 Å². The fraction of sp³-hybridized carbons (Fsp3) is 0.138. The first-order valence-electron chi connectivity index (χ1n) is 11.3. The highest BCUT2D eigenvalue weighted by molar-refractivity contribution is 5.57. The number of allylic oxidation sites excluding steroid dienone is 2. The predicted octanol–water partition coefficient (Wildman–Crippen LogP) is 5.45. The third kappa shape index (κ3) is 9.04. The Morgan fingerprint density at radius 1 is 0.943 bits per heavy atom. The first kappa shape index (κ1) is 25.6. The molecule has 3 rings (SSSR count). The van der Waals surface area contributed by atoms with Crippen LogP contribution in [0.5, 0.6) is 5.75 Å². The highest BCUT2D eigenvalue weighted by Gasteiger charge is 2.05. The molecule has 3 aromatic rings. The van der Waals surface area contributed by atoms with Crippen LogP contribution < -0.4 is 16.0 Å². The van der Waals surface area contributed by atoms with E-state index in [4.69, 9.17) is 10.6 Å². The van der Waals surface area contributed by atoms with Crippen molar-refractivity contribution in [3.8, 4) is 5.75 Å². The average Bonchev–Trinajstić information content (AvgIpc) is 2.87. The van der Waals surface area contributed by atoms with Gasteiger partial charge in [-0.1, -0.05) is 72.9 Å². The van der Waals surface area contributed by atoms with Gasteiger partial charge in [-0.25, -0.2) is 9.82 Å². The van der Waals surface area contributed by atoms with Gasteiger partial charge in [0.1, 0.15) is 6.61 Å². The molecule has 1 unspecified atom stereocenters. The Balaban J connectivity index is 1.53. The first-order chi connectivity index (χ1) is 17.0. The lowest BCUT2D eigenvalue weighted by atomic mass is 10.1. The number of nitrogens with zero attached hydrogens (tertiary/aromatic N) is 2. The van der Waals surface area contributed by atoms with Gasteiger partial charge in [0.2, 0.25) is 0 Å². The van der Waals surface area contributed by atoms with Gasteiger partial charge in [-0.05, 0) is 53.2 Å². The number of nitrogens with one attached hydrogen (secondary N) is 1. The van der Waals surface area contributed by atoms with Gasteiger partial charge in [0, 0.05) is 20.3 Å². The Labute approximate surface area is 206 Å². The van der Waals surface area contributed by atoms with Crippen LogP contribution in [0.25, 0.3) is 18.2 Å². The van der Waals surface area contributed by atoms with Crippen molar-refractivity contribution in [1.82, 2.24) is 15.3 Å². The van der Waals surface area contributed by atoms with Gasteiger partial charge in [-0.15, -0.1) is 0 Å². The molecular weight excluding hydrogens is 439 g/mol. The second-order valence-electron chi connectivity index (χ2n) is 8.04. The second kappa shape index (κ2) is 13.6. The molecule has 5 nitrogen and oxygen atoms in total. The summed E-state index contributed by atoms with van der Waals surface area (Å²) in [6, 6.07) is 18.4. The molecule has 0 radical (unpaired) electrons. The number of ether oxygens (including phenoxy) is 1. The van der Waals surface area contributed by atoms with Crippen molar-refractivity contribution < 1.29 is 9.13 Å². The molecule has 35 heavy (non-hydrogen) atoms. The van der Waals surface area contributed by atoms with E-state index in [1.807, 2.05) is 79.9 Å². The SMILES string of the molecule is CN(C)/C=C\c1ccc(/C=C/C=C/C(/C=C/c2ccc(OCc3ccccn3)c(F)c2)NN)cc1. The van der Waals surface area contributed by atoms with Gasteiger partial charge in [0.25, 0.3) is 0 Å². The molecule has 1 heterocycles. The Morgan fingerprint density at radius 3 is 2.34 bits per heavy atom. The summed E-state index contributed by atoms with van der Waals surface area (Å²) in [6.45, 7) is 0.210. The number of halogens is 1. The summed E-state index contributed by atoms with van der Waals surface area (Å²) in [5, 5.41) is 0. The zero-order chi connectivity index (χ0) is 24.9. The van der Waals surface area contributed by atoms with Crippen LogP contribution in [0.2, 0.25) is 0 Å². The summed E-state index contributed by atoms with van der Waals surface area (Å²) in [4.78, 5) is 6.17. The first-order valence-corrected chi connectivity index (χ1v) is 11.3. The molecule has 3 N–H and O–H groups in total. The van der Waals surface area contributed by atoms with E-state index in [0.29, 0.717) is 5.56 Å². The minimum Gasteiger partial charge on any atom is -0.484 e. The van der Waals surface area contributed by atoms with Crippen molar-refractivity contribution in [1.29, 1.82) is 0 Å². The van der Waals surface area contributed by atoms with E-state index < -0.39 is 5.82 Å². The lowest BCUT2D eigenvalue weighted by molar-refractivity contribution is 0.286. The quantitative estimate of drug-likeness (QED) is 0.222. The topological polar surface area (TPSA) is 63.4 Å². The third-order valence-electron chi connectivity index (χ3n) is 4.97. The summed E-state index contributed by atoms with van der Waals surface area (Å²) in [5.74, 6) is 5.42. The van der Waals surface area contributed by atoms with Crippen molar-refractivity contribution in [3.63, 3.8) is 0 Å². The fourth-order valence-corrected chi connectivity index (χ4v) is 3.07. The van der Waals surface area contributed by atoms with Gasteiger partial charge in [0.05, 0.1) is 11.7 Å². The molecule has 0 spiro atoms. The monoisotopic (exact) mass is 470 g/mol. The van der Waals surface area contributed by atoms with E-state index in [-0.39, 0.29) is 18.4 Å². The predicted molar refractivity (Wildman–Crippen MR) is 142 cm³/mol. The number of aromatic nitrogens is 1. The molecular formula is C29H31FN4O. The smallest absolute Gasteiger partial charge is 0.165 e. The molecule has 0 aliphatic carbocycles. The summed E-state index contributed by atoms with van der Waals surface area (Å²) in [6.07, 6.45) is 17.2. The van der Waals surface area contributed by atoms with Crippen molar-refractivity contribution in [3.05, 3.63) is 126 Å². The Bertz CT molecular complexity index is 1170. The van der Waals surface area contributed by atoms with Crippen LogP contribution in [-0.4, -0.2) is 30.0 Å². The number of hydrazine groups is 1. The van der Waals surface area contributed by atoms with Crippen molar-refractivity contribution in [2.45, 2.75) is 12.6 Å². The molecule has 0 fully saturated rings. The van der Waals surface area contributed by atoms with Crippen molar-refractivity contribution in [2.75, 3.05) is 14.1 Å². The molecule has 180 valence electrons. The zero-order valence-electron chi connectivity index (χ0n) is 20.0. The fourth-order valence-electron chi connectivity index (χ4n) is 3.07.